The monoisotopic (exact) mass is 384 g/mol. The molecule has 2 aliphatic rings. The van der Waals surface area contributed by atoms with E-state index in [-0.39, 0.29) is 42.0 Å². The third-order valence-electron chi connectivity index (χ3n) is 6.02. The Hall–Kier alpha value is -1.53. The van der Waals surface area contributed by atoms with E-state index in [1.807, 2.05) is 20.8 Å². The highest BCUT2D eigenvalue weighted by Crippen LogP contribution is 2.52. The lowest BCUT2D eigenvalue weighted by atomic mass is 9.56. The van der Waals surface area contributed by atoms with Crippen LogP contribution in [0.25, 0.3) is 0 Å². The van der Waals surface area contributed by atoms with Gasteiger partial charge in [-0.15, -0.1) is 0 Å². The first kappa shape index (κ1) is 20.2. The van der Waals surface area contributed by atoms with Gasteiger partial charge in [-0.25, -0.2) is 8.78 Å². The summed E-state index contributed by atoms with van der Waals surface area (Å²) in [6.07, 6.45) is 1.72. The standard InChI is InChI=1S/C20H30F2N2O3/c1-12(2)19(10-14(11-19)16(25)26-18(3,4)5)17-23-15(27-24-17)13-6-8-20(21,22)9-7-13/h12-14H,6-11H2,1-5H3. The van der Waals surface area contributed by atoms with Crippen LogP contribution in [0.15, 0.2) is 4.52 Å². The largest absolute Gasteiger partial charge is 0.460 e. The number of ether oxygens (including phenoxy) is 1. The number of carbonyl (C=O) groups is 1. The van der Waals surface area contributed by atoms with E-state index < -0.39 is 11.5 Å². The second-order valence-electron chi connectivity index (χ2n) is 9.54. The fraction of sp³-hybridized carbons (Fsp3) is 0.850. The number of carbonyl (C=O) groups excluding carboxylic acids is 1. The lowest BCUT2D eigenvalue weighted by molar-refractivity contribution is -0.167. The second kappa shape index (κ2) is 6.82. The van der Waals surface area contributed by atoms with E-state index in [2.05, 4.69) is 24.0 Å². The summed E-state index contributed by atoms with van der Waals surface area (Å²) >= 11 is 0. The number of nitrogens with zero attached hydrogens (tertiary/aromatic N) is 2. The van der Waals surface area contributed by atoms with Crippen molar-refractivity contribution in [2.45, 2.75) is 96.0 Å². The smallest absolute Gasteiger partial charge is 0.309 e. The molecular weight excluding hydrogens is 354 g/mol. The van der Waals surface area contributed by atoms with Gasteiger partial charge in [-0.1, -0.05) is 19.0 Å². The van der Waals surface area contributed by atoms with E-state index in [1.54, 1.807) is 0 Å². The lowest BCUT2D eigenvalue weighted by Crippen LogP contribution is -2.50. The normalized spacial score (nSPS) is 28.8. The molecule has 7 heteroatoms. The molecule has 0 radical (unpaired) electrons. The molecule has 152 valence electrons. The zero-order chi connectivity index (χ0) is 20.0. The van der Waals surface area contributed by atoms with Crippen molar-refractivity contribution in [3.8, 4) is 0 Å². The van der Waals surface area contributed by atoms with Crippen LogP contribution in [0.5, 0.6) is 0 Å². The van der Waals surface area contributed by atoms with Crippen molar-refractivity contribution in [3.05, 3.63) is 11.7 Å². The highest BCUT2D eigenvalue weighted by molar-refractivity contribution is 5.74. The minimum absolute atomic E-state index is 0.100. The molecule has 1 heterocycles. The Bertz CT molecular complexity index is 678. The van der Waals surface area contributed by atoms with Gasteiger partial charge in [-0.2, -0.15) is 4.98 Å². The Balaban J connectivity index is 1.69. The van der Waals surface area contributed by atoms with Crippen LogP contribution >= 0.6 is 0 Å². The summed E-state index contributed by atoms with van der Waals surface area (Å²) in [5.41, 5.74) is -0.822. The number of alkyl halides is 2. The van der Waals surface area contributed by atoms with Gasteiger partial charge in [-0.3, -0.25) is 4.79 Å². The van der Waals surface area contributed by atoms with Crippen molar-refractivity contribution >= 4 is 5.97 Å². The molecule has 1 aromatic heterocycles. The predicted octanol–water partition coefficient (Wildman–Crippen LogP) is 5.01. The Kier molecular flexibility index (Phi) is 5.10. The molecule has 27 heavy (non-hydrogen) atoms. The van der Waals surface area contributed by atoms with Crippen molar-refractivity contribution in [2.75, 3.05) is 0 Å². The maximum absolute atomic E-state index is 13.4. The third-order valence-corrected chi connectivity index (χ3v) is 6.02. The van der Waals surface area contributed by atoms with Crippen LogP contribution in [-0.4, -0.2) is 27.6 Å². The van der Waals surface area contributed by atoms with Crippen molar-refractivity contribution in [2.24, 2.45) is 11.8 Å². The zero-order valence-electron chi connectivity index (χ0n) is 16.8. The fourth-order valence-electron chi connectivity index (χ4n) is 4.17. The molecule has 2 saturated carbocycles. The molecule has 0 aliphatic heterocycles. The molecule has 0 atom stereocenters. The number of hydrogen-bond donors (Lipinski definition) is 0. The van der Waals surface area contributed by atoms with Crippen LogP contribution < -0.4 is 0 Å². The third kappa shape index (κ3) is 4.16. The average Bonchev–Trinajstić information content (AvgIpc) is 2.93. The molecule has 2 aliphatic carbocycles. The van der Waals surface area contributed by atoms with Gasteiger partial charge in [0.15, 0.2) is 5.82 Å². The van der Waals surface area contributed by atoms with Gasteiger partial charge < -0.3 is 9.26 Å². The van der Waals surface area contributed by atoms with Crippen LogP contribution in [0.1, 0.15) is 90.8 Å². The van der Waals surface area contributed by atoms with Crippen LogP contribution in [0.4, 0.5) is 8.78 Å². The topological polar surface area (TPSA) is 65.2 Å². The minimum atomic E-state index is -2.58. The number of halogens is 2. The van der Waals surface area contributed by atoms with E-state index in [9.17, 15) is 13.6 Å². The summed E-state index contributed by atoms with van der Waals surface area (Å²) < 4.78 is 37.7. The summed E-state index contributed by atoms with van der Waals surface area (Å²) in [6.45, 7) is 9.75. The Morgan fingerprint density at radius 2 is 1.81 bits per heavy atom. The van der Waals surface area contributed by atoms with Crippen LogP contribution in [0, 0.1) is 11.8 Å². The lowest BCUT2D eigenvalue weighted by Gasteiger charge is -2.47. The molecule has 2 fully saturated rings. The first-order valence-electron chi connectivity index (χ1n) is 9.87. The molecule has 0 unspecified atom stereocenters. The summed E-state index contributed by atoms with van der Waals surface area (Å²) in [6, 6.07) is 0. The second-order valence-corrected chi connectivity index (χ2v) is 9.54. The van der Waals surface area contributed by atoms with E-state index in [0.29, 0.717) is 37.4 Å². The number of hydrogen-bond acceptors (Lipinski definition) is 5. The Morgan fingerprint density at radius 3 is 2.33 bits per heavy atom. The van der Waals surface area contributed by atoms with Crippen molar-refractivity contribution in [3.63, 3.8) is 0 Å². The van der Waals surface area contributed by atoms with Crippen molar-refractivity contribution < 1.29 is 22.8 Å². The summed E-state index contributed by atoms with van der Waals surface area (Å²) in [5.74, 6) is -1.73. The highest BCUT2D eigenvalue weighted by Gasteiger charge is 2.54. The Labute approximate surface area is 159 Å². The van der Waals surface area contributed by atoms with Crippen molar-refractivity contribution in [1.82, 2.24) is 10.1 Å². The number of rotatable bonds is 4. The maximum Gasteiger partial charge on any atom is 0.309 e. The molecule has 0 amide bonds. The van der Waals surface area contributed by atoms with Gasteiger partial charge in [0.2, 0.25) is 11.8 Å². The van der Waals surface area contributed by atoms with Gasteiger partial charge in [0.05, 0.1) is 5.92 Å². The molecule has 0 N–H and O–H groups in total. The molecule has 3 rings (SSSR count). The molecule has 0 aromatic carbocycles. The van der Waals surface area contributed by atoms with Crippen LogP contribution in [0.2, 0.25) is 0 Å². The summed E-state index contributed by atoms with van der Waals surface area (Å²) in [4.78, 5) is 16.9. The number of aromatic nitrogens is 2. The summed E-state index contributed by atoms with van der Waals surface area (Å²) in [5, 5.41) is 4.19. The molecule has 0 bridgehead atoms. The molecule has 0 saturated heterocycles. The van der Waals surface area contributed by atoms with Crippen LogP contribution in [-0.2, 0) is 14.9 Å². The van der Waals surface area contributed by atoms with Gasteiger partial charge in [0.1, 0.15) is 5.60 Å². The zero-order valence-corrected chi connectivity index (χ0v) is 16.8. The van der Waals surface area contributed by atoms with E-state index in [1.165, 1.54) is 0 Å². The van der Waals surface area contributed by atoms with E-state index >= 15 is 0 Å². The Morgan fingerprint density at radius 1 is 1.22 bits per heavy atom. The fourth-order valence-corrected chi connectivity index (χ4v) is 4.17. The summed E-state index contributed by atoms with van der Waals surface area (Å²) in [7, 11) is 0. The molecule has 1 aromatic rings. The predicted molar refractivity (Wildman–Crippen MR) is 95.5 cm³/mol. The minimum Gasteiger partial charge on any atom is -0.460 e. The van der Waals surface area contributed by atoms with Crippen molar-refractivity contribution in [1.29, 1.82) is 0 Å². The molecule has 0 spiro atoms. The quantitative estimate of drug-likeness (QED) is 0.683. The molecule has 5 nitrogen and oxygen atoms in total. The van der Waals surface area contributed by atoms with Crippen LogP contribution in [0.3, 0.4) is 0 Å². The van der Waals surface area contributed by atoms with Gasteiger partial charge in [0, 0.05) is 24.2 Å². The number of esters is 1. The van der Waals surface area contributed by atoms with E-state index in [4.69, 9.17) is 9.26 Å². The maximum atomic E-state index is 13.4. The van der Waals surface area contributed by atoms with Gasteiger partial charge >= 0.3 is 5.97 Å². The van der Waals surface area contributed by atoms with Gasteiger partial charge in [-0.05, 0) is 52.4 Å². The first-order chi connectivity index (χ1) is 12.4. The first-order valence-corrected chi connectivity index (χ1v) is 9.87. The average molecular weight is 384 g/mol. The van der Waals surface area contributed by atoms with Gasteiger partial charge in [0.25, 0.3) is 0 Å². The highest BCUT2D eigenvalue weighted by atomic mass is 19.3. The molecular formula is C20H30F2N2O3. The SMILES string of the molecule is CC(C)C1(c2noc(C3CCC(F)(F)CC3)n2)CC(C(=O)OC(C)(C)C)C1. The van der Waals surface area contributed by atoms with E-state index in [0.717, 1.165) is 0 Å².